The first-order chi connectivity index (χ1) is 31.0. The van der Waals surface area contributed by atoms with Gasteiger partial charge in [-0.2, -0.15) is 8.42 Å². The molecule has 1 amide bonds. The minimum absolute atomic E-state index is 0.265. The molecule has 1 fully saturated rings. The highest BCUT2D eigenvalue weighted by Gasteiger charge is 2.48. The van der Waals surface area contributed by atoms with Crippen LogP contribution in [-0.2, 0) is 28.9 Å². The van der Waals surface area contributed by atoms with Gasteiger partial charge in [0.15, 0.2) is 6.29 Å². The van der Waals surface area contributed by atoms with Crippen LogP contribution in [-0.4, -0.2) is 95.4 Å². The first-order valence-corrected chi connectivity index (χ1v) is 27.6. The summed E-state index contributed by atoms with van der Waals surface area (Å²) in [5, 5.41) is 44.8. The largest absolute Gasteiger partial charge is 0.397 e. The summed E-state index contributed by atoms with van der Waals surface area (Å²) in [6, 6.07) is -0.944. The Hall–Kier alpha value is -1.42. The number of nitrogens with one attached hydrogen (secondary N) is 1. The number of allylic oxidation sites excluding steroid dienone is 3. The van der Waals surface area contributed by atoms with E-state index in [9.17, 15) is 38.2 Å². The zero-order valence-electron chi connectivity index (χ0n) is 40.6. The molecule has 1 aliphatic rings. The SMILES string of the molecule is CCCCCCCCCCC/C=C\CCCCCCCCCC(=O)NC(COC1OC(CO)C(O)C(OS(=O)(=O)O)C1O)C(O)/C=C/CCCCCCCCCCCCCCCCC. The molecule has 1 rings (SSSR count). The fourth-order valence-corrected chi connectivity index (χ4v) is 8.90. The fraction of sp³-hybridized carbons (Fsp3) is 0.902. The van der Waals surface area contributed by atoms with Crippen LogP contribution in [0.4, 0.5) is 0 Å². The topological polar surface area (TPSA) is 192 Å². The number of unbranched alkanes of at least 4 members (excludes halogenated alkanes) is 31. The van der Waals surface area contributed by atoms with E-state index in [1.54, 1.807) is 6.08 Å². The predicted octanol–water partition coefficient (Wildman–Crippen LogP) is 11.3. The van der Waals surface area contributed by atoms with E-state index in [-0.39, 0.29) is 18.9 Å². The van der Waals surface area contributed by atoms with Crippen LogP contribution in [0.15, 0.2) is 24.3 Å². The van der Waals surface area contributed by atoms with Crippen molar-refractivity contribution in [1.29, 1.82) is 0 Å². The van der Waals surface area contributed by atoms with Gasteiger partial charge < -0.3 is 35.2 Å². The average Bonchev–Trinajstić information content (AvgIpc) is 3.27. The predicted molar refractivity (Wildman–Crippen MR) is 259 cm³/mol. The second kappa shape index (κ2) is 41.7. The number of ether oxygens (including phenoxy) is 2. The summed E-state index contributed by atoms with van der Waals surface area (Å²) in [5.74, 6) is -0.265. The quantitative estimate of drug-likeness (QED) is 0.0193. The lowest BCUT2D eigenvalue weighted by molar-refractivity contribution is -0.298. The van der Waals surface area contributed by atoms with E-state index in [2.05, 4.69) is 35.5 Å². The Kier molecular flexibility index (Phi) is 39.5. The first kappa shape index (κ1) is 60.6. The van der Waals surface area contributed by atoms with Gasteiger partial charge in [-0.15, -0.1) is 0 Å². The second-order valence-electron chi connectivity index (χ2n) is 18.5. The summed E-state index contributed by atoms with van der Waals surface area (Å²) in [7, 11) is -5.09. The molecule has 0 aromatic heterocycles. The highest BCUT2D eigenvalue weighted by Crippen LogP contribution is 2.26. The molecule has 0 aromatic carbocycles. The summed E-state index contributed by atoms with van der Waals surface area (Å²) >= 11 is 0. The van der Waals surface area contributed by atoms with Crippen LogP contribution in [0.3, 0.4) is 0 Å². The van der Waals surface area contributed by atoms with Crippen LogP contribution in [0.1, 0.15) is 239 Å². The Bertz CT molecular complexity index is 1230. The van der Waals surface area contributed by atoms with Crippen LogP contribution in [0.2, 0.25) is 0 Å². The Morgan fingerprint density at radius 2 is 1.00 bits per heavy atom. The van der Waals surface area contributed by atoms with Gasteiger partial charge in [0.1, 0.15) is 24.4 Å². The zero-order valence-corrected chi connectivity index (χ0v) is 41.4. The van der Waals surface area contributed by atoms with Gasteiger partial charge in [0.2, 0.25) is 5.91 Å². The van der Waals surface area contributed by atoms with Crippen molar-refractivity contribution < 1.29 is 51.8 Å². The van der Waals surface area contributed by atoms with Gasteiger partial charge in [-0.05, 0) is 44.9 Å². The van der Waals surface area contributed by atoms with Crippen molar-refractivity contribution in [2.75, 3.05) is 13.2 Å². The maximum absolute atomic E-state index is 13.1. The van der Waals surface area contributed by atoms with Crippen molar-refractivity contribution in [1.82, 2.24) is 5.32 Å². The third kappa shape index (κ3) is 34.0. The van der Waals surface area contributed by atoms with Gasteiger partial charge in [0.05, 0.1) is 25.4 Å². The Morgan fingerprint density at radius 3 is 1.41 bits per heavy atom. The highest BCUT2D eigenvalue weighted by atomic mass is 32.3. The number of carbonyl (C=O) groups is 1. The summed E-state index contributed by atoms with van der Waals surface area (Å²) in [4.78, 5) is 13.1. The normalized spacial score (nSPS) is 20.4. The molecule has 6 N–H and O–H groups in total. The Morgan fingerprint density at radius 1 is 0.609 bits per heavy atom. The van der Waals surface area contributed by atoms with E-state index < -0.39 is 59.9 Å². The molecule has 378 valence electrons. The van der Waals surface area contributed by atoms with E-state index in [4.69, 9.17) is 9.47 Å². The average molecular weight is 932 g/mol. The number of hydrogen-bond donors (Lipinski definition) is 6. The first-order valence-electron chi connectivity index (χ1n) is 26.2. The van der Waals surface area contributed by atoms with E-state index in [1.165, 1.54) is 167 Å². The molecule has 64 heavy (non-hydrogen) atoms. The molecule has 0 saturated carbocycles. The van der Waals surface area contributed by atoms with Crippen molar-refractivity contribution in [2.24, 2.45) is 0 Å². The monoisotopic (exact) mass is 932 g/mol. The zero-order chi connectivity index (χ0) is 46.9. The molecule has 0 aromatic rings. The molecule has 0 radical (unpaired) electrons. The number of hydrogen-bond acceptors (Lipinski definition) is 10. The molecule has 7 unspecified atom stereocenters. The molecule has 1 heterocycles. The Labute approximate surface area is 391 Å². The third-order valence-corrected chi connectivity index (χ3v) is 12.9. The van der Waals surface area contributed by atoms with E-state index in [0.29, 0.717) is 6.42 Å². The van der Waals surface area contributed by atoms with Crippen molar-refractivity contribution in [2.45, 2.75) is 281 Å². The lowest BCUT2D eigenvalue weighted by atomic mass is 9.99. The van der Waals surface area contributed by atoms with Gasteiger partial charge in [0.25, 0.3) is 0 Å². The summed E-state index contributed by atoms with van der Waals surface area (Å²) in [6.45, 7) is 3.41. The van der Waals surface area contributed by atoms with Gasteiger partial charge in [-0.25, -0.2) is 4.18 Å². The van der Waals surface area contributed by atoms with Crippen LogP contribution < -0.4 is 5.32 Å². The third-order valence-electron chi connectivity index (χ3n) is 12.5. The van der Waals surface area contributed by atoms with Gasteiger partial charge in [-0.1, -0.05) is 212 Å². The van der Waals surface area contributed by atoms with E-state index >= 15 is 0 Å². The fourth-order valence-electron chi connectivity index (χ4n) is 8.39. The molecule has 7 atom stereocenters. The second-order valence-corrected chi connectivity index (χ2v) is 19.5. The summed E-state index contributed by atoms with van der Waals surface area (Å²) in [5.41, 5.74) is 0. The van der Waals surface area contributed by atoms with Crippen LogP contribution in [0.25, 0.3) is 0 Å². The molecular weight excluding hydrogens is 835 g/mol. The number of rotatable bonds is 45. The maximum atomic E-state index is 13.1. The number of aliphatic hydroxyl groups excluding tert-OH is 4. The maximum Gasteiger partial charge on any atom is 0.397 e. The van der Waals surface area contributed by atoms with Crippen molar-refractivity contribution in [3.63, 3.8) is 0 Å². The molecule has 1 saturated heterocycles. The molecule has 13 heteroatoms. The Balaban J connectivity index is 2.45. The molecule has 0 bridgehead atoms. The minimum atomic E-state index is -5.09. The molecule has 1 aliphatic heterocycles. The van der Waals surface area contributed by atoms with E-state index in [0.717, 1.165) is 44.9 Å². The molecular formula is C51H97NO11S. The van der Waals surface area contributed by atoms with Gasteiger partial charge in [0, 0.05) is 6.42 Å². The van der Waals surface area contributed by atoms with Crippen LogP contribution >= 0.6 is 0 Å². The van der Waals surface area contributed by atoms with Crippen LogP contribution in [0.5, 0.6) is 0 Å². The van der Waals surface area contributed by atoms with Crippen molar-refractivity contribution in [3.8, 4) is 0 Å². The summed E-state index contributed by atoms with van der Waals surface area (Å²) in [6.07, 6.45) is 40.7. The number of carbonyl (C=O) groups excluding carboxylic acids is 1. The highest BCUT2D eigenvalue weighted by molar-refractivity contribution is 7.80. The van der Waals surface area contributed by atoms with Crippen molar-refractivity contribution in [3.05, 3.63) is 24.3 Å². The lowest BCUT2D eigenvalue weighted by Crippen LogP contribution is -2.61. The molecule has 12 nitrogen and oxygen atoms in total. The summed E-state index contributed by atoms with van der Waals surface area (Å²) < 4.78 is 47.7. The van der Waals surface area contributed by atoms with E-state index in [1.807, 2.05) is 6.08 Å². The van der Waals surface area contributed by atoms with Crippen molar-refractivity contribution >= 4 is 16.3 Å². The standard InChI is InChI=1S/C51H97NO11S/c1-3-5-7-9-11-13-15-17-19-21-22-23-25-27-29-31-33-35-37-39-41-47(55)52-44(43-61-51-49(57)50(63-64(58,59)60)48(56)46(42-53)62-51)45(54)40-38-36-34-32-30-28-26-24-20-18-16-14-12-10-8-6-4-2/h22-23,38,40,44-46,48-51,53-54,56-57H,3-21,24-37,39,41-43H2,1-2H3,(H,52,55)(H,58,59,60)/b23-22-,40-38+. The van der Waals surface area contributed by atoms with Gasteiger partial charge >= 0.3 is 10.4 Å². The minimum Gasteiger partial charge on any atom is -0.394 e. The van der Waals surface area contributed by atoms with Crippen LogP contribution in [0, 0.1) is 0 Å². The molecule has 0 spiro atoms. The van der Waals surface area contributed by atoms with Gasteiger partial charge in [-0.3, -0.25) is 9.35 Å². The smallest absolute Gasteiger partial charge is 0.394 e. The molecule has 0 aliphatic carbocycles. The number of amides is 1. The number of aliphatic hydroxyl groups is 4. The lowest BCUT2D eigenvalue weighted by Gasteiger charge is -2.41.